The van der Waals surface area contributed by atoms with Crippen LogP contribution >= 0.6 is 24.0 Å². The van der Waals surface area contributed by atoms with Crippen molar-refractivity contribution in [3.8, 4) is 0 Å². The van der Waals surface area contributed by atoms with E-state index >= 15 is 0 Å². The van der Waals surface area contributed by atoms with Crippen molar-refractivity contribution >= 4 is 41.4 Å². The average molecular weight is 537 g/mol. The van der Waals surface area contributed by atoms with Gasteiger partial charge in [0.15, 0.2) is 5.96 Å². The minimum Gasteiger partial charge on any atom is -0.372 e. The standard InChI is InChI=1S/C24H36N6.HI/c1-3-25-24(28-16-7-6-15-27-23-13-4-5-14-26-23)29-20(2)21-11-10-12-22(19-21)30-17-8-9-18-30;/h4-5,10-14,19-20H,3,6-9,15-18H2,1-2H3,(H,26,27)(H2,25,28,29);1H. The van der Waals surface area contributed by atoms with Crippen molar-refractivity contribution < 1.29 is 0 Å². The molecule has 3 N–H and O–H groups in total. The quantitative estimate of drug-likeness (QED) is 0.176. The van der Waals surface area contributed by atoms with Gasteiger partial charge in [-0.2, -0.15) is 0 Å². The normalized spacial score (nSPS) is 14.6. The van der Waals surface area contributed by atoms with E-state index in [1.807, 2.05) is 24.4 Å². The van der Waals surface area contributed by atoms with Crippen LogP contribution in [0.15, 0.2) is 53.7 Å². The molecule has 0 amide bonds. The molecule has 1 atom stereocenters. The number of aromatic nitrogens is 1. The SMILES string of the molecule is CCNC(=NCCCCNc1ccccn1)NC(C)c1cccc(N2CCCC2)c1.I. The first-order chi connectivity index (χ1) is 14.8. The Morgan fingerprint density at radius 2 is 1.97 bits per heavy atom. The Kier molecular flexibility index (Phi) is 11.5. The molecule has 2 heterocycles. The molecule has 2 aromatic rings. The summed E-state index contributed by atoms with van der Waals surface area (Å²) in [6, 6.07) is 15.0. The van der Waals surface area contributed by atoms with Crippen LogP contribution in [0.4, 0.5) is 11.5 Å². The van der Waals surface area contributed by atoms with Crippen LogP contribution in [-0.2, 0) is 0 Å². The summed E-state index contributed by atoms with van der Waals surface area (Å²) in [5, 5.41) is 10.3. The maximum absolute atomic E-state index is 4.76. The van der Waals surface area contributed by atoms with Gasteiger partial charge >= 0.3 is 0 Å². The summed E-state index contributed by atoms with van der Waals surface area (Å²) >= 11 is 0. The van der Waals surface area contributed by atoms with E-state index < -0.39 is 0 Å². The molecule has 1 saturated heterocycles. The lowest BCUT2D eigenvalue weighted by Crippen LogP contribution is -2.38. The molecule has 1 aromatic heterocycles. The zero-order valence-corrected chi connectivity index (χ0v) is 21.1. The van der Waals surface area contributed by atoms with Gasteiger partial charge in [0.05, 0.1) is 6.04 Å². The van der Waals surface area contributed by atoms with Gasteiger partial charge < -0.3 is 20.9 Å². The second kappa shape index (κ2) is 14.1. The second-order valence-corrected chi connectivity index (χ2v) is 7.76. The fourth-order valence-corrected chi connectivity index (χ4v) is 3.69. The zero-order chi connectivity index (χ0) is 21.0. The van der Waals surface area contributed by atoms with Gasteiger partial charge in [-0.1, -0.05) is 18.2 Å². The predicted octanol–water partition coefficient (Wildman–Crippen LogP) is 4.81. The number of halogens is 1. The second-order valence-electron chi connectivity index (χ2n) is 7.76. The minimum absolute atomic E-state index is 0. The van der Waals surface area contributed by atoms with E-state index in [-0.39, 0.29) is 30.0 Å². The lowest BCUT2D eigenvalue weighted by Gasteiger charge is -2.22. The molecule has 170 valence electrons. The largest absolute Gasteiger partial charge is 0.372 e. The number of benzene rings is 1. The molecule has 0 spiro atoms. The first-order valence-electron chi connectivity index (χ1n) is 11.3. The Morgan fingerprint density at radius 3 is 2.71 bits per heavy atom. The van der Waals surface area contributed by atoms with E-state index in [2.05, 4.69) is 63.9 Å². The maximum atomic E-state index is 4.76. The van der Waals surface area contributed by atoms with Gasteiger partial charge in [0, 0.05) is 44.6 Å². The van der Waals surface area contributed by atoms with Crippen LogP contribution in [0.2, 0.25) is 0 Å². The van der Waals surface area contributed by atoms with Gasteiger partial charge in [-0.25, -0.2) is 4.98 Å². The van der Waals surface area contributed by atoms with Crippen LogP contribution in [0, 0.1) is 0 Å². The van der Waals surface area contributed by atoms with Crippen molar-refractivity contribution in [1.82, 2.24) is 15.6 Å². The Labute approximate surface area is 204 Å². The van der Waals surface area contributed by atoms with Crippen LogP contribution in [-0.4, -0.2) is 43.7 Å². The molecule has 0 aliphatic carbocycles. The van der Waals surface area contributed by atoms with E-state index in [4.69, 9.17) is 4.99 Å². The molecule has 0 radical (unpaired) electrons. The highest BCUT2D eigenvalue weighted by Crippen LogP contribution is 2.23. The lowest BCUT2D eigenvalue weighted by molar-refractivity contribution is 0.680. The smallest absolute Gasteiger partial charge is 0.191 e. The zero-order valence-electron chi connectivity index (χ0n) is 18.8. The summed E-state index contributed by atoms with van der Waals surface area (Å²) in [5.41, 5.74) is 2.63. The van der Waals surface area contributed by atoms with Gasteiger partial charge in [0.2, 0.25) is 0 Å². The fraction of sp³-hybridized carbons (Fsp3) is 0.500. The van der Waals surface area contributed by atoms with Crippen LogP contribution in [0.5, 0.6) is 0 Å². The van der Waals surface area contributed by atoms with Gasteiger partial charge in [-0.15, -0.1) is 24.0 Å². The molecule has 6 nitrogen and oxygen atoms in total. The van der Waals surface area contributed by atoms with Crippen molar-refractivity contribution in [2.24, 2.45) is 4.99 Å². The number of rotatable bonds is 10. The number of unbranched alkanes of at least 4 members (excludes halogenated alkanes) is 1. The van der Waals surface area contributed by atoms with Gasteiger partial charge in [-0.3, -0.25) is 4.99 Å². The van der Waals surface area contributed by atoms with E-state index in [1.54, 1.807) is 0 Å². The number of aliphatic imine (C=N–C) groups is 1. The molecule has 3 rings (SSSR count). The maximum Gasteiger partial charge on any atom is 0.191 e. The van der Waals surface area contributed by atoms with Gasteiger partial charge in [0.25, 0.3) is 0 Å². The number of hydrogen-bond donors (Lipinski definition) is 3. The van der Waals surface area contributed by atoms with Crippen LogP contribution in [0.25, 0.3) is 0 Å². The lowest BCUT2D eigenvalue weighted by atomic mass is 10.1. The molecular weight excluding hydrogens is 499 g/mol. The molecule has 0 saturated carbocycles. The third kappa shape index (κ3) is 8.55. The highest BCUT2D eigenvalue weighted by atomic mass is 127. The summed E-state index contributed by atoms with van der Waals surface area (Å²) in [5.74, 6) is 1.82. The topological polar surface area (TPSA) is 64.6 Å². The number of nitrogens with one attached hydrogen (secondary N) is 3. The average Bonchev–Trinajstić information content (AvgIpc) is 3.32. The molecule has 1 unspecified atom stereocenters. The number of guanidine groups is 1. The highest BCUT2D eigenvalue weighted by Gasteiger charge is 2.14. The predicted molar refractivity (Wildman–Crippen MR) is 143 cm³/mol. The number of hydrogen-bond acceptors (Lipinski definition) is 4. The summed E-state index contributed by atoms with van der Waals surface area (Å²) < 4.78 is 0. The number of pyridine rings is 1. The first-order valence-corrected chi connectivity index (χ1v) is 11.3. The summed E-state index contributed by atoms with van der Waals surface area (Å²) in [4.78, 5) is 11.5. The Bertz CT molecular complexity index is 777. The third-order valence-corrected chi connectivity index (χ3v) is 5.36. The molecule has 1 aliphatic rings. The van der Waals surface area contributed by atoms with Gasteiger partial charge in [0.1, 0.15) is 5.82 Å². The van der Waals surface area contributed by atoms with E-state index in [9.17, 15) is 0 Å². The summed E-state index contributed by atoms with van der Waals surface area (Å²) in [6.07, 6.45) is 6.50. The Hall–Kier alpha value is -2.03. The van der Waals surface area contributed by atoms with E-state index in [0.29, 0.717) is 0 Å². The third-order valence-electron chi connectivity index (χ3n) is 5.36. The van der Waals surface area contributed by atoms with Crippen molar-refractivity contribution in [1.29, 1.82) is 0 Å². The molecule has 1 aromatic carbocycles. The van der Waals surface area contributed by atoms with Crippen molar-refractivity contribution in [3.05, 3.63) is 54.2 Å². The summed E-state index contributed by atoms with van der Waals surface area (Å²) in [7, 11) is 0. The summed E-state index contributed by atoms with van der Waals surface area (Å²) in [6.45, 7) is 9.22. The molecule has 0 bridgehead atoms. The molecule has 1 fully saturated rings. The van der Waals surface area contributed by atoms with Crippen LogP contribution in [0.3, 0.4) is 0 Å². The van der Waals surface area contributed by atoms with Crippen LogP contribution < -0.4 is 20.9 Å². The fourth-order valence-electron chi connectivity index (χ4n) is 3.69. The minimum atomic E-state index is 0. The number of anilines is 2. The van der Waals surface area contributed by atoms with Crippen molar-refractivity contribution in [2.45, 2.75) is 45.6 Å². The van der Waals surface area contributed by atoms with E-state index in [1.165, 1.54) is 37.2 Å². The molecule has 7 heteroatoms. The highest BCUT2D eigenvalue weighted by molar-refractivity contribution is 14.0. The first kappa shape index (κ1) is 25.2. The Morgan fingerprint density at radius 1 is 1.13 bits per heavy atom. The molecule has 31 heavy (non-hydrogen) atoms. The monoisotopic (exact) mass is 536 g/mol. The Balaban J connectivity index is 0.00000341. The number of nitrogens with zero attached hydrogens (tertiary/aromatic N) is 3. The molecule has 1 aliphatic heterocycles. The van der Waals surface area contributed by atoms with Crippen molar-refractivity contribution in [3.63, 3.8) is 0 Å². The molecular formula is C24H37IN6. The van der Waals surface area contributed by atoms with Crippen LogP contribution in [0.1, 0.15) is 51.1 Å². The van der Waals surface area contributed by atoms with E-state index in [0.717, 1.165) is 44.3 Å². The van der Waals surface area contributed by atoms with Gasteiger partial charge in [-0.05, 0) is 69.4 Å². The van der Waals surface area contributed by atoms with Crippen molar-refractivity contribution in [2.75, 3.05) is 42.9 Å².